The topological polar surface area (TPSA) is 67.6 Å². The van der Waals surface area contributed by atoms with Crippen LogP contribution in [-0.2, 0) is 9.53 Å². The summed E-state index contributed by atoms with van der Waals surface area (Å²) in [6.45, 7) is 7.08. The standard InChI is InChI=1S/C11H25N3O2/c1-4-10(2)13-11(15)9-14(6-5-12)7-8-16-3/h10H,4-9,12H2,1-3H3,(H,13,15). The molecule has 0 radical (unpaired) electrons. The molecule has 0 bridgehead atoms. The first-order valence-electron chi connectivity index (χ1n) is 5.84. The van der Waals surface area contributed by atoms with Crippen molar-refractivity contribution in [1.29, 1.82) is 0 Å². The van der Waals surface area contributed by atoms with E-state index in [0.717, 1.165) is 19.5 Å². The third kappa shape index (κ3) is 7.62. The molecule has 1 amide bonds. The maximum atomic E-state index is 11.6. The maximum Gasteiger partial charge on any atom is 0.234 e. The Morgan fingerprint density at radius 3 is 2.69 bits per heavy atom. The van der Waals surface area contributed by atoms with E-state index >= 15 is 0 Å². The maximum absolute atomic E-state index is 11.6. The smallest absolute Gasteiger partial charge is 0.234 e. The lowest BCUT2D eigenvalue weighted by Gasteiger charge is -2.21. The fourth-order valence-corrected chi connectivity index (χ4v) is 1.30. The van der Waals surface area contributed by atoms with Crippen molar-refractivity contribution < 1.29 is 9.53 Å². The number of amides is 1. The number of nitrogens with two attached hydrogens (primary N) is 1. The lowest BCUT2D eigenvalue weighted by atomic mass is 10.2. The lowest BCUT2D eigenvalue weighted by Crippen LogP contribution is -2.43. The van der Waals surface area contributed by atoms with Gasteiger partial charge in [0.25, 0.3) is 0 Å². The summed E-state index contributed by atoms with van der Waals surface area (Å²) < 4.78 is 4.99. The Bertz CT molecular complexity index is 188. The molecule has 5 heteroatoms. The van der Waals surface area contributed by atoms with Gasteiger partial charge in [-0.15, -0.1) is 0 Å². The number of nitrogens with zero attached hydrogens (tertiary/aromatic N) is 1. The van der Waals surface area contributed by atoms with Crippen molar-refractivity contribution in [2.45, 2.75) is 26.3 Å². The first-order chi connectivity index (χ1) is 7.63. The molecule has 0 aliphatic heterocycles. The van der Waals surface area contributed by atoms with Crippen LogP contribution in [0.25, 0.3) is 0 Å². The Kier molecular flexibility index (Phi) is 9.18. The molecule has 3 N–H and O–H groups in total. The van der Waals surface area contributed by atoms with Gasteiger partial charge in [-0.1, -0.05) is 6.92 Å². The van der Waals surface area contributed by atoms with Crippen molar-refractivity contribution in [2.24, 2.45) is 5.73 Å². The zero-order valence-electron chi connectivity index (χ0n) is 10.7. The molecular formula is C11H25N3O2. The summed E-state index contributed by atoms with van der Waals surface area (Å²) in [6, 6.07) is 0.231. The Morgan fingerprint density at radius 2 is 2.19 bits per heavy atom. The van der Waals surface area contributed by atoms with Crippen LogP contribution >= 0.6 is 0 Å². The van der Waals surface area contributed by atoms with Crippen LogP contribution in [0.15, 0.2) is 0 Å². The molecule has 0 aliphatic rings. The normalized spacial score (nSPS) is 12.8. The van der Waals surface area contributed by atoms with E-state index in [-0.39, 0.29) is 11.9 Å². The van der Waals surface area contributed by atoms with Gasteiger partial charge in [0.1, 0.15) is 0 Å². The average molecular weight is 231 g/mol. The Labute approximate surface area is 98.3 Å². The van der Waals surface area contributed by atoms with Gasteiger partial charge >= 0.3 is 0 Å². The van der Waals surface area contributed by atoms with Crippen LogP contribution in [0.1, 0.15) is 20.3 Å². The summed E-state index contributed by atoms with van der Waals surface area (Å²) in [6.07, 6.45) is 0.945. The summed E-state index contributed by atoms with van der Waals surface area (Å²) in [5.41, 5.74) is 5.49. The second-order valence-corrected chi connectivity index (χ2v) is 3.93. The molecule has 1 unspecified atom stereocenters. The molecule has 0 aromatic rings. The quantitative estimate of drug-likeness (QED) is 0.577. The molecule has 1 atom stereocenters. The summed E-state index contributed by atoms with van der Waals surface area (Å²) in [4.78, 5) is 13.6. The van der Waals surface area contributed by atoms with Crippen molar-refractivity contribution >= 4 is 5.91 Å². The molecule has 0 aliphatic carbocycles. The minimum Gasteiger partial charge on any atom is -0.383 e. The molecule has 16 heavy (non-hydrogen) atoms. The van der Waals surface area contributed by atoms with Gasteiger partial charge < -0.3 is 15.8 Å². The van der Waals surface area contributed by atoms with Gasteiger partial charge in [0.15, 0.2) is 0 Å². The van der Waals surface area contributed by atoms with Gasteiger partial charge in [0.2, 0.25) is 5.91 Å². The van der Waals surface area contributed by atoms with Crippen molar-refractivity contribution in [2.75, 3.05) is 39.9 Å². The van der Waals surface area contributed by atoms with Gasteiger partial charge in [-0.25, -0.2) is 0 Å². The predicted molar refractivity (Wildman–Crippen MR) is 65.3 cm³/mol. The number of carbonyl (C=O) groups is 1. The van der Waals surface area contributed by atoms with Gasteiger partial charge in [-0.3, -0.25) is 9.69 Å². The molecular weight excluding hydrogens is 206 g/mol. The Hall–Kier alpha value is -0.650. The highest BCUT2D eigenvalue weighted by molar-refractivity contribution is 5.78. The lowest BCUT2D eigenvalue weighted by molar-refractivity contribution is -0.123. The molecule has 0 aromatic heterocycles. The SMILES string of the molecule is CCC(C)NC(=O)CN(CCN)CCOC. The van der Waals surface area contributed by atoms with E-state index in [1.54, 1.807) is 7.11 Å². The summed E-state index contributed by atoms with van der Waals surface area (Å²) in [5, 5.41) is 2.93. The molecule has 0 rings (SSSR count). The van der Waals surface area contributed by atoms with Crippen LogP contribution in [0.5, 0.6) is 0 Å². The number of hydrogen-bond acceptors (Lipinski definition) is 4. The van der Waals surface area contributed by atoms with Crippen LogP contribution in [0, 0.1) is 0 Å². The Balaban J connectivity index is 3.91. The van der Waals surface area contributed by atoms with Crippen LogP contribution in [0.3, 0.4) is 0 Å². The number of nitrogens with one attached hydrogen (secondary N) is 1. The molecule has 5 nitrogen and oxygen atoms in total. The second-order valence-electron chi connectivity index (χ2n) is 3.93. The predicted octanol–water partition coefficient (Wildman–Crippen LogP) is -0.192. The minimum atomic E-state index is 0.0545. The highest BCUT2D eigenvalue weighted by atomic mass is 16.5. The molecule has 0 fully saturated rings. The molecule has 0 saturated carbocycles. The average Bonchev–Trinajstić information content (AvgIpc) is 2.25. The van der Waals surface area contributed by atoms with Crippen molar-refractivity contribution in [3.63, 3.8) is 0 Å². The van der Waals surface area contributed by atoms with Crippen molar-refractivity contribution in [3.8, 4) is 0 Å². The number of ether oxygens (including phenoxy) is 1. The fourth-order valence-electron chi connectivity index (χ4n) is 1.30. The molecule has 0 heterocycles. The van der Waals surface area contributed by atoms with E-state index in [1.165, 1.54) is 0 Å². The molecule has 0 saturated heterocycles. The summed E-state index contributed by atoms with van der Waals surface area (Å²) in [7, 11) is 1.65. The number of rotatable bonds is 9. The van der Waals surface area contributed by atoms with Gasteiger partial charge in [-0.2, -0.15) is 0 Å². The first-order valence-corrected chi connectivity index (χ1v) is 5.84. The van der Waals surface area contributed by atoms with E-state index in [2.05, 4.69) is 5.32 Å². The molecule has 0 spiro atoms. The van der Waals surface area contributed by atoms with Crippen molar-refractivity contribution in [3.05, 3.63) is 0 Å². The number of carbonyl (C=O) groups excluding carboxylic acids is 1. The van der Waals surface area contributed by atoms with E-state index in [9.17, 15) is 4.79 Å². The highest BCUT2D eigenvalue weighted by Gasteiger charge is 2.11. The number of hydrogen-bond donors (Lipinski definition) is 2. The monoisotopic (exact) mass is 231 g/mol. The van der Waals surface area contributed by atoms with E-state index in [4.69, 9.17) is 10.5 Å². The zero-order valence-corrected chi connectivity index (χ0v) is 10.7. The van der Waals surface area contributed by atoms with Crippen LogP contribution < -0.4 is 11.1 Å². The third-order valence-corrected chi connectivity index (χ3v) is 2.44. The van der Waals surface area contributed by atoms with Gasteiger partial charge in [0, 0.05) is 32.8 Å². The van der Waals surface area contributed by atoms with E-state index < -0.39 is 0 Å². The van der Waals surface area contributed by atoms with Crippen LogP contribution in [0.4, 0.5) is 0 Å². The van der Waals surface area contributed by atoms with E-state index in [0.29, 0.717) is 19.7 Å². The van der Waals surface area contributed by atoms with Gasteiger partial charge in [0.05, 0.1) is 13.2 Å². The van der Waals surface area contributed by atoms with Crippen molar-refractivity contribution in [1.82, 2.24) is 10.2 Å². The minimum absolute atomic E-state index is 0.0545. The first kappa shape index (κ1) is 15.3. The summed E-state index contributed by atoms with van der Waals surface area (Å²) in [5.74, 6) is 0.0545. The number of methoxy groups -OCH3 is 1. The van der Waals surface area contributed by atoms with Crippen LogP contribution in [-0.4, -0.2) is 56.7 Å². The Morgan fingerprint density at radius 1 is 1.50 bits per heavy atom. The zero-order chi connectivity index (χ0) is 12.4. The second kappa shape index (κ2) is 9.57. The third-order valence-electron chi connectivity index (χ3n) is 2.44. The largest absolute Gasteiger partial charge is 0.383 e. The molecule has 96 valence electrons. The van der Waals surface area contributed by atoms with E-state index in [1.807, 2.05) is 18.7 Å². The fraction of sp³-hybridized carbons (Fsp3) is 0.909. The highest BCUT2D eigenvalue weighted by Crippen LogP contribution is 1.91. The summed E-state index contributed by atoms with van der Waals surface area (Å²) >= 11 is 0. The van der Waals surface area contributed by atoms with Crippen LogP contribution in [0.2, 0.25) is 0 Å². The molecule has 0 aromatic carbocycles. The van der Waals surface area contributed by atoms with Gasteiger partial charge in [-0.05, 0) is 13.3 Å².